The van der Waals surface area contributed by atoms with Crippen molar-refractivity contribution in [3.8, 4) is 0 Å². The van der Waals surface area contributed by atoms with Gasteiger partial charge >= 0.3 is 5.97 Å². The third kappa shape index (κ3) is 5.12. The summed E-state index contributed by atoms with van der Waals surface area (Å²) in [5.41, 5.74) is 0.569. The zero-order valence-electron chi connectivity index (χ0n) is 10.3. The zero-order chi connectivity index (χ0) is 14.4. The van der Waals surface area contributed by atoms with Gasteiger partial charge in [-0.05, 0) is 24.6 Å². The lowest BCUT2D eigenvalue weighted by molar-refractivity contribution is -0.136. The van der Waals surface area contributed by atoms with Crippen LogP contribution >= 0.6 is 15.9 Å². The van der Waals surface area contributed by atoms with Crippen LogP contribution in [0.25, 0.3) is 0 Å². The Labute approximate surface area is 122 Å². The molecular formula is C12H14BrNO4S. The number of anilines is 1. The van der Waals surface area contributed by atoms with Crippen LogP contribution in [0.4, 0.5) is 5.69 Å². The van der Waals surface area contributed by atoms with Crippen LogP contribution < -0.4 is 5.32 Å². The van der Waals surface area contributed by atoms with Crippen LogP contribution in [-0.4, -0.2) is 32.2 Å². The van der Waals surface area contributed by atoms with Gasteiger partial charge in [-0.1, -0.05) is 28.9 Å². The molecule has 19 heavy (non-hydrogen) atoms. The average molecular weight is 348 g/mol. The average Bonchev–Trinajstić information content (AvgIpc) is 2.28. The standard InChI is InChI=1S/C12H14BrNO4S/c1-2-10(12(16)17)19(18)7-11(15)14-9-5-3-4-8(13)6-9/h3-6,10H,2,7H2,1H3,(H,14,15)(H,16,17). The van der Waals surface area contributed by atoms with Crippen LogP contribution in [0.15, 0.2) is 28.7 Å². The molecule has 2 unspecified atom stereocenters. The van der Waals surface area contributed by atoms with Crippen LogP contribution in [-0.2, 0) is 20.4 Å². The lowest BCUT2D eigenvalue weighted by Crippen LogP contribution is -2.31. The lowest BCUT2D eigenvalue weighted by atomic mass is 10.3. The molecule has 1 aromatic rings. The molecule has 7 heteroatoms. The molecule has 0 aliphatic carbocycles. The normalized spacial score (nSPS) is 13.6. The molecule has 2 N–H and O–H groups in total. The Morgan fingerprint density at radius 3 is 2.68 bits per heavy atom. The maximum absolute atomic E-state index is 11.7. The molecule has 5 nitrogen and oxygen atoms in total. The predicted octanol–water partition coefficient (Wildman–Crippen LogP) is 2.00. The number of carbonyl (C=O) groups excluding carboxylic acids is 1. The fourth-order valence-corrected chi connectivity index (χ4v) is 2.99. The molecule has 0 heterocycles. The molecule has 0 aromatic heterocycles. The van der Waals surface area contributed by atoms with E-state index in [1.165, 1.54) is 0 Å². The van der Waals surface area contributed by atoms with Crippen LogP contribution in [0.2, 0.25) is 0 Å². The number of halogens is 1. The van der Waals surface area contributed by atoms with Crippen molar-refractivity contribution in [1.29, 1.82) is 0 Å². The number of hydrogen-bond acceptors (Lipinski definition) is 3. The smallest absolute Gasteiger partial charge is 0.319 e. The first kappa shape index (κ1) is 15.8. The number of carbonyl (C=O) groups is 2. The molecule has 0 spiro atoms. The second-order valence-corrected chi connectivity index (χ2v) is 6.35. The van der Waals surface area contributed by atoms with Crippen LogP contribution in [0.1, 0.15) is 13.3 Å². The maximum atomic E-state index is 11.7. The van der Waals surface area contributed by atoms with Gasteiger partial charge in [0.2, 0.25) is 5.91 Å². The van der Waals surface area contributed by atoms with Gasteiger partial charge in [0.25, 0.3) is 0 Å². The maximum Gasteiger partial charge on any atom is 0.319 e. The van der Waals surface area contributed by atoms with Crippen molar-refractivity contribution < 1.29 is 18.9 Å². The molecule has 0 saturated heterocycles. The summed E-state index contributed by atoms with van der Waals surface area (Å²) >= 11 is 3.27. The second kappa shape index (κ2) is 7.40. The summed E-state index contributed by atoms with van der Waals surface area (Å²) in [4.78, 5) is 22.5. The van der Waals surface area contributed by atoms with E-state index < -0.39 is 27.9 Å². The molecule has 1 amide bonds. The molecule has 0 radical (unpaired) electrons. The zero-order valence-corrected chi connectivity index (χ0v) is 12.7. The fourth-order valence-electron chi connectivity index (χ4n) is 1.47. The number of amides is 1. The first-order chi connectivity index (χ1) is 8.93. The van der Waals surface area contributed by atoms with Gasteiger partial charge in [-0.3, -0.25) is 13.8 Å². The van der Waals surface area contributed by atoms with E-state index in [2.05, 4.69) is 21.2 Å². The summed E-state index contributed by atoms with van der Waals surface area (Å²) in [6.07, 6.45) is 0.228. The molecular weight excluding hydrogens is 334 g/mol. The SMILES string of the molecule is CCC(C(=O)O)S(=O)CC(=O)Nc1cccc(Br)c1. The van der Waals surface area contributed by atoms with Crippen molar-refractivity contribution in [1.82, 2.24) is 0 Å². The molecule has 0 saturated carbocycles. The molecule has 104 valence electrons. The van der Waals surface area contributed by atoms with Gasteiger partial charge in [-0.15, -0.1) is 0 Å². The topological polar surface area (TPSA) is 83.5 Å². The first-order valence-corrected chi connectivity index (χ1v) is 7.77. The van der Waals surface area contributed by atoms with Crippen molar-refractivity contribution in [2.24, 2.45) is 0 Å². The lowest BCUT2D eigenvalue weighted by Gasteiger charge is -2.10. The summed E-state index contributed by atoms with van der Waals surface area (Å²) in [6.45, 7) is 1.63. The van der Waals surface area contributed by atoms with Gasteiger partial charge in [-0.2, -0.15) is 0 Å². The highest BCUT2D eigenvalue weighted by Gasteiger charge is 2.24. The highest BCUT2D eigenvalue weighted by Crippen LogP contribution is 2.15. The van der Waals surface area contributed by atoms with Gasteiger partial charge < -0.3 is 10.4 Å². The number of nitrogens with one attached hydrogen (secondary N) is 1. The Kier molecular flexibility index (Phi) is 6.17. The molecule has 0 fully saturated rings. The van der Waals surface area contributed by atoms with Crippen molar-refractivity contribution in [3.63, 3.8) is 0 Å². The Balaban J connectivity index is 2.60. The number of benzene rings is 1. The van der Waals surface area contributed by atoms with Crippen LogP contribution in [0.5, 0.6) is 0 Å². The van der Waals surface area contributed by atoms with E-state index in [1.807, 2.05) is 6.07 Å². The van der Waals surface area contributed by atoms with Gasteiger partial charge in [0.1, 0.15) is 11.0 Å². The van der Waals surface area contributed by atoms with E-state index in [4.69, 9.17) is 5.11 Å². The number of carboxylic acid groups (broad SMARTS) is 1. The second-order valence-electron chi connectivity index (χ2n) is 3.82. The minimum Gasteiger partial charge on any atom is -0.480 e. The first-order valence-electron chi connectivity index (χ1n) is 5.59. The Bertz CT molecular complexity index is 506. The number of aliphatic carboxylic acids is 1. The van der Waals surface area contributed by atoms with Crippen molar-refractivity contribution >= 4 is 44.3 Å². The van der Waals surface area contributed by atoms with Crippen molar-refractivity contribution in [2.75, 3.05) is 11.1 Å². The van der Waals surface area contributed by atoms with E-state index in [1.54, 1.807) is 25.1 Å². The molecule has 0 aliphatic rings. The summed E-state index contributed by atoms with van der Waals surface area (Å²) in [5.74, 6) is -1.93. The quantitative estimate of drug-likeness (QED) is 0.824. The Morgan fingerprint density at radius 2 is 2.16 bits per heavy atom. The minimum absolute atomic E-state index is 0.228. The molecule has 0 aliphatic heterocycles. The highest BCUT2D eigenvalue weighted by atomic mass is 79.9. The summed E-state index contributed by atoms with van der Waals surface area (Å²) in [6, 6.07) is 6.96. The fraction of sp³-hybridized carbons (Fsp3) is 0.333. The minimum atomic E-state index is -1.72. The van der Waals surface area contributed by atoms with Gasteiger partial charge in [0.15, 0.2) is 0 Å². The largest absolute Gasteiger partial charge is 0.480 e. The van der Waals surface area contributed by atoms with Crippen molar-refractivity contribution in [3.05, 3.63) is 28.7 Å². The Morgan fingerprint density at radius 1 is 1.47 bits per heavy atom. The van der Waals surface area contributed by atoms with E-state index in [0.29, 0.717) is 5.69 Å². The summed E-state index contributed by atoms with van der Waals surface area (Å²) < 4.78 is 12.6. The molecule has 1 aromatic carbocycles. The number of carboxylic acids is 1. The van der Waals surface area contributed by atoms with Gasteiger partial charge in [0.05, 0.1) is 0 Å². The number of rotatable bonds is 6. The predicted molar refractivity (Wildman–Crippen MR) is 77.5 cm³/mol. The molecule has 1 rings (SSSR count). The van der Waals surface area contributed by atoms with Crippen LogP contribution in [0, 0.1) is 0 Å². The number of hydrogen-bond donors (Lipinski definition) is 2. The van der Waals surface area contributed by atoms with Gasteiger partial charge in [0, 0.05) is 21.0 Å². The van der Waals surface area contributed by atoms with E-state index in [9.17, 15) is 13.8 Å². The van der Waals surface area contributed by atoms with E-state index in [-0.39, 0.29) is 12.2 Å². The summed E-state index contributed by atoms with van der Waals surface area (Å²) in [7, 11) is -1.72. The monoisotopic (exact) mass is 347 g/mol. The summed E-state index contributed by atoms with van der Waals surface area (Å²) in [5, 5.41) is 10.4. The molecule has 0 bridgehead atoms. The van der Waals surface area contributed by atoms with Gasteiger partial charge in [-0.25, -0.2) is 0 Å². The Hall–Kier alpha value is -1.21. The van der Waals surface area contributed by atoms with Crippen LogP contribution in [0.3, 0.4) is 0 Å². The molecule has 2 atom stereocenters. The van der Waals surface area contributed by atoms with E-state index in [0.717, 1.165) is 4.47 Å². The van der Waals surface area contributed by atoms with Crippen molar-refractivity contribution in [2.45, 2.75) is 18.6 Å². The third-order valence-electron chi connectivity index (χ3n) is 2.35. The third-order valence-corrected chi connectivity index (χ3v) is 4.55. The highest BCUT2D eigenvalue weighted by molar-refractivity contribution is 9.10. The van der Waals surface area contributed by atoms with E-state index >= 15 is 0 Å².